The fourth-order valence-corrected chi connectivity index (χ4v) is 3.44. The smallest absolute Gasteiger partial charge is 0.247 e. The molecule has 5 heteroatoms. The maximum atomic E-state index is 13.8. The van der Waals surface area contributed by atoms with Gasteiger partial charge in [0.25, 0.3) is 0 Å². The summed E-state index contributed by atoms with van der Waals surface area (Å²) in [6.45, 7) is 0.887. The van der Waals surface area contributed by atoms with Gasteiger partial charge in [-0.15, -0.1) is 11.3 Å². The van der Waals surface area contributed by atoms with Gasteiger partial charge >= 0.3 is 0 Å². The molecule has 0 saturated heterocycles. The summed E-state index contributed by atoms with van der Waals surface area (Å²) in [6.07, 6.45) is 2.93. The minimum Gasteiger partial charge on any atom is -0.496 e. The van der Waals surface area contributed by atoms with E-state index in [9.17, 15) is 9.18 Å². The molecule has 0 unspecified atom stereocenters. The topological polar surface area (TPSA) is 29.5 Å². The van der Waals surface area contributed by atoms with E-state index in [-0.39, 0.29) is 11.7 Å². The number of methoxy groups -OCH3 is 1. The van der Waals surface area contributed by atoms with Gasteiger partial charge in [-0.3, -0.25) is 4.79 Å². The van der Waals surface area contributed by atoms with Crippen LogP contribution in [0.1, 0.15) is 16.0 Å². The van der Waals surface area contributed by atoms with Crippen molar-refractivity contribution in [2.75, 3.05) is 7.11 Å². The minimum atomic E-state index is -0.351. The van der Waals surface area contributed by atoms with Crippen molar-refractivity contribution in [1.29, 1.82) is 0 Å². The van der Waals surface area contributed by atoms with Gasteiger partial charge in [-0.25, -0.2) is 4.39 Å². The molecule has 0 bridgehead atoms. The van der Waals surface area contributed by atoms with Crippen molar-refractivity contribution < 1.29 is 13.9 Å². The zero-order valence-corrected chi connectivity index (χ0v) is 15.8. The number of carbonyl (C=O) groups is 1. The van der Waals surface area contributed by atoms with Crippen LogP contribution in [0.3, 0.4) is 0 Å². The normalized spacial score (nSPS) is 10.9. The van der Waals surface area contributed by atoms with Gasteiger partial charge in [-0.2, -0.15) is 0 Å². The van der Waals surface area contributed by atoms with Gasteiger partial charge in [0.15, 0.2) is 0 Å². The molecule has 0 fully saturated rings. The number of thiophene rings is 1. The van der Waals surface area contributed by atoms with Crippen molar-refractivity contribution in [3.8, 4) is 5.75 Å². The number of para-hydroxylation sites is 1. The van der Waals surface area contributed by atoms with Crippen LogP contribution in [0.25, 0.3) is 6.08 Å². The van der Waals surface area contributed by atoms with Crippen LogP contribution in [0.15, 0.2) is 72.1 Å². The summed E-state index contributed by atoms with van der Waals surface area (Å²) in [5.41, 5.74) is 1.31. The highest BCUT2D eigenvalue weighted by molar-refractivity contribution is 7.09. The quantitative estimate of drug-likeness (QED) is 0.531. The number of ether oxygens (including phenoxy) is 1. The van der Waals surface area contributed by atoms with E-state index in [0.29, 0.717) is 18.7 Å². The molecule has 138 valence electrons. The molecule has 0 radical (unpaired) electrons. The van der Waals surface area contributed by atoms with Crippen LogP contribution in [0.5, 0.6) is 5.75 Å². The number of nitrogens with zero attached hydrogens (tertiary/aromatic N) is 1. The van der Waals surface area contributed by atoms with Crippen molar-refractivity contribution >= 4 is 23.3 Å². The monoisotopic (exact) mass is 381 g/mol. The molecular formula is C22H20FNO2S. The Kier molecular flexibility index (Phi) is 6.39. The Morgan fingerprint density at radius 2 is 1.85 bits per heavy atom. The van der Waals surface area contributed by atoms with E-state index < -0.39 is 0 Å². The van der Waals surface area contributed by atoms with E-state index in [2.05, 4.69) is 0 Å². The summed E-state index contributed by atoms with van der Waals surface area (Å²) in [5, 5.41) is 1.98. The Morgan fingerprint density at radius 3 is 2.59 bits per heavy atom. The van der Waals surface area contributed by atoms with Gasteiger partial charge in [0.05, 0.1) is 13.7 Å². The fraction of sp³-hybridized carbons (Fsp3) is 0.136. The molecule has 27 heavy (non-hydrogen) atoms. The molecule has 1 amide bonds. The maximum absolute atomic E-state index is 13.8. The molecule has 0 N–H and O–H groups in total. The molecule has 1 aromatic heterocycles. The molecule has 0 saturated carbocycles. The summed E-state index contributed by atoms with van der Waals surface area (Å²) in [4.78, 5) is 15.6. The van der Waals surface area contributed by atoms with Crippen molar-refractivity contribution in [2.45, 2.75) is 13.1 Å². The van der Waals surface area contributed by atoms with Crippen LogP contribution >= 0.6 is 11.3 Å². The minimum absolute atomic E-state index is 0.183. The largest absolute Gasteiger partial charge is 0.496 e. The predicted octanol–water partition coefficient (Wildman–Crippen LogP) is 5.14. The Hall–Kier alpha value is -2.92. The van der Waals surface area contributed by atoms with E-state index >= 15 is 0 Å². The number of hydrogen-bond donors (Lipinski definition) is 0. The van der Waals surface area contributed by atoms with Crippen LogP contribution < -0.4 is 4.74 Å². The standard InChI is InChI=1S/C22H20FNO2S/c1-26-21-11-5-3-8-18(21)15-24(16-19-9-6-14-27-19)22(25)13-12-17-7-2-4-10-20(17)23/h2-14H,15-16H2,1H3/b13-12+. The zero-order chi connectivity index (χ0) is 19.1. The van der Waals surface area contributed by atoms with Crippen LogP contribution in [-0.2, 0) is 17.9 Å². The lowest BCUT2D eigenvalue weighted by Crippen LogP contribution is -2.28. The highest BCUT2D eigenvalue weighted by Crippen LogP contribution is 2.22. The molecule has 0 spiro atoms. The van der Waals surface area contributed by atoms with Gasteiger partial charge < -0.3 is 9.64 Å². The number of hydrogen-bond acceptors (Lipinski definition) is 3. The van der Waals surface area contributed by atoms with E-state index in [0.717, 1.165) is 16.2 Å². The van der Waals surface area contributed by atoms with E-state index in [4.69, 9.17) is 4.74 Å². The van der Waals surface area contributed by atoms with Crippen LogP contribution in [0.4, 0.5) is 4.39 Å². The van der Waals surface area contributed by atoms with Crippen molar-refractivity contribution in [2.24, 2.45) is 0 Å². The summed E-state index contributed by atoms with van der Waals surface area (Å²) in [5.74, 6) is 0.202. The van der Waals surface area contributed by atoms with Crippen LogP contribution in [0, 0.1) is 5.82 Å². The summed E-state index contributed by atoms with van der Waals surface area (Å²) < 4.78 is 19.2. The third kappa shape index (κ3) is 5.05. The van der Waals surface area contributed by atoms with Gasteiger partial charge in [0.2, 0.25) is 5.91 Å². The molecule has 0 aliphatic heterocycles. The number of benzene rings is 2. The van der Waals surface area contributed by atoms with E-state index in [1.165, 1.54) is 18.2 Å². The first-order valence-electron chi connectivity index (χ1n) is 8.53. The van der Waals surface area contributed by atoms with Crippen molar-refractivity contribution in [3.05, 3.63) is 93.9 Å². The molecule has 3 nitrogen and oxygen atoms in total. The Labute approximate surface area is 162 Å². The van der Waals surface area contributed by atoms with Crippen molar-refractivity contribution in [3.63, 3.8) is 0 Å². The average Bonchev–Trinajstić information content (AvgIpc) is 3.20. The highest BCUT2D eigenvalue weighted by atomic mass is 32.1. The molecule has 1 heterocycles. The van der Waals surface area contributed by atoms with Gasteiger partial charge in [-0.05, 0) is 29.7 Å². The average molecular weight is 381 g/mol. The Balaban J connectivity index is 1.82. The third-order valence-electron chi connectivity index (χ3n) is 4.10. The lowest BCUT2D eigenvalue weighted by Gasteiger charge is -2.22. The second-order valence-electron chi connectivity index (χ2n) is 5.94. The Morgan fingerprint density at radius 1 is 1.07 bits per heavy atom. The highest BCUT2D eigenvalue weighted by Gasteiger charge is 2.15. The SMILES string of the molecule is COc1ccccc1CN(Cc1cccs1)C(=O)/C=C/c1ccccc1F. The first kappa shape index (κ1) is 18.9. The molecular weight excluding hydrogens is 361 g/mol. The number of carbonyl (C=O) groups excluding carboxylic acids is 1. The summed E-state index contributed by atoms with van der Waals surface area (Å²) in [6, 6.07) is 18.0. The molecule has 0 aliphatic rings. The van der Waals surface area contributed by atoms with Crippen LogP contribution in [-0.4, -0.2) is 17.9 Å². The third-order valence-corrected chi connectivity index (χ3v) is 4.96. The number of rotatable bonds is 7. The zero-order valence-electron chi connectivity index (χ0n) is 15.0. The summed E-state index contributed by atoms with van der Waals surface area (Å²) in [7, 11) is 1.61. The molecule has 3 rings (SSSR count). The van der Waals surface area contributed by atoms with Gasteiger partial charge in [0, 0.05) is 28.6 Å². The first-order valence-corrected chi connectivity index (χ1v) is 9.41. The molecule has 2 aromatic carbocycles. The van der Waals surface area contributed by atoms with Crippen molar-refractivity contribution in [1.82, 2.24) is 4.90 Å². The predicted molar refractivity (Wildman–Crippen MR) is 107 cm³/mol. The first-order chi connectivity index (χ1) is 13.2. The van der Waals surface area contributed by atoms with Gasteiger partial charge in [-0.1, -0.05) is 42.5 Å². The lowest BCUT2D eigenvalue weighted by atomic mass is 10.1. The fourth-order valence-electron chi connectivity index (χ4n) is 2.72. The maximum Gasteiger partial charge on any atom is 0.247 e. The number of amides is 1. The molecule has 0 aliphatic carbocycles. The van der Waals surface area contributed by atoms with Gasteiger partial charge in [0.1, 0.15) is 11.6 Å². The van der Waals surface area contributed by atoms with E-state index in [1.807, 2.05) is 41.8 Å². The molecule has 0 atom stereocenters. The molecule has 3 aromatic rings. The van der Waals surface area contributed by atoms with Crippen LogP contribution in [0.2, 0.25) is 0 Å². The lowest BCUT2D eigenvalue weighted by molar-refractivity contribution is -0.127. The second kappa shape index (κ2) is 9.14. The summed E-state index contributed by atoms with van der Waals surface area (Å²) >= 11 is 1.60. The second-order valence-corrected chi connectivity index (χ2v) is 6.97. The Bertz CT molecular complexity index is 922. The number of halogens is 1. The van der Waals surface area contributed by atoms with E-state index in [1.54, 1.807) is 41.5 Å².